The smallest absolute Gasteiger partial charge is 0.251 e. The third-order valence-electron chi connectivity index (χ3n) is 8.04. The molecule has 0 amide bonds. The van der Waals surface area contributed by atoms with Gasteiger partial charge >= 0.3 is 0 Å². The zero-order valence-corrected chi connectivity index (χ0v) is 21.8. The fourth-order valence-corrected chi connectivity index (χ4v) is 5.98. The highest BCUT2D eigenvalue weighted by Crippen LogP contribution is 2.54. The van der Waals surface area contributed by atoms with E-state index in [1.54, 1.807) is 12.5 Å². The average molecular weight is 527 g/mol. The molecule has 2 N–H and O–H groups in total. The van der Waals surface area contributed by atoms with Gasteiger partial charge in [0.05, 0.1) is 17.6 Å². The zero-order chi connectivity index (χ0) is 25.6. The van der Waals surface area contributed by atoms with Crippen LogP contribution in [0.2, 0.25) is 0 Å². The van der Waals surface area contributed by atoms with E-state index in [9.17, 15) is 13.0 Å². The Morgan fingerprint density at radius 3 is 2.41 bits per heavy atom. The van der Waals surface area contributed by atoms with Crippen molar-refractivity contribution in [2.75, 3.05) is 47.0 Å². The zero-order valence-electron chi connectivity index (χ0n) is 21.0. The Bertz CT molecular complexity index is 1300. The number of halogens is 2. The van der Waals surface area contributed by atoms with Gasteiger partial charge in [0.1, 0.15) is 22.6 Å². The van der Waals surface area contributed by atoms with Gasteiger partial charge in [-0.2, -0.15) is 0 Å². The Labute approximate surface area is 218 Å². The van der Waals surface area contributed by atoms with Gasteiger partial charge in [-0.05, 0) is 61.4 Å². The molecule has 0 radical (unpaired) electrons. The van der Waals surface area contributed by atoms with E-state index in [4.69, 9.17) is 9.97 Å². The summed E-state index contributed by atoms with van der Waals surface area (Å²) in [6.45, 7) is 2.58. The molecule has 1 saturated carbocycles. The van der Waals surface area contributed by atoms with Crippen molar-refractivity contribution in [3.8, 4) is 22.8 Å². The number of alkyl halides is 2. The van der Waals surface area contributed by atoms with Crippen LogP contribution in [0.25, 0.3) is 22.8 Å². The number of imidazole rings is 1. The highest BCUT2D eigenvalue weighted by molar-refractivity contribution is 7.85. The van der Waals surface area contributed by atoms with E-state index in [1.165, 1.54) is 25.7 Å². The van der Waals surface area contributed by atoms with Crippen molar-refractivity contribution in [2.45, 2.75) is 44.4 Å². The van der Waals surface area contributed by atoms with Crippen LogP contribution in [0.5, 0.6) is 0 Å². The number of hydrogen-bond donors (Lipinski definition) is 2. The van der Waals surface area contributed by atoms with Gasteiger partial charge in [-0.25, -0.2) is 23.0 Å². The fraction of sp³-hybridized carbons (Fsp3) is 0.481. The molecule has 1 aromatic carbocycles. The SMILES string of the molecule is CS(=O)Nc1ccc(-c2ncc(-c3cccc(N4CCC(F)(F)CC4)n3)[nH]2)c(N2CCC3(CC2)CC3)c1. The number of H-pyrrole nitrogens is 1. The summed E-state index contributed by atoms with van der Waals surface area (Å²) in [4.78, 5) is 17.2. The molecule has 3 aromatic rings. The molecule has 3 fully saturated rings. The molecule has 1 spiro atoms. The van der Waals surface area contributed by atoms with Crippen molar-refractivity contribution in [3.05, 3.63) is 42.6 Å². The number of piperidine rings is 2. The first-order valence-corrected chi connectivity index (χ1v) is 14.5. The van der Waals surface area contributed by atoms with Gasteiger partial charge in [0.2, 0.25) is 0 Å². The number of pyridine rings is 1. The summed E-state index contributed by atoms with van der Waals surface area (Å²) in [5.41, 5.74) is 4.94. The molecule has 1 atom stereocenters. The normalized spacial score (nSPS) is 21.2. The Balaban J connectivity index is 1.27. The standard InChI is InChI=1S/C27H32F2N6OS/c1-37(36)33-19-5-6-20(23(17-19)34-13-9-26(7-8-26)10-14-34)25-30-18-22(32-25)21-3-2-4-24(31-21)35-15-11-27(28,29)12-16-35/h2-6,17-18,33H,7-16H2,1H3,(H,30,32). The molecule has 3 aliphatic rings. The van der Waals surface area contributed by atoms with Crippen molar-refractivity contribution in [3.63, 3.8) is 0 Å². The molecule has 7 nitrogen and oxygen atoms in total. The number of anilines is 3. The van der Waals surface area contributed by atoms with Crippen LogP contribution >= 0.6 is 0 Å². The van der Waals surface area contributed by atoms with E-state index in [1.807, 2.05) is 35.2 Å². The summed E-state index contributed by atoms with van der Waals surface area (Å²) in [6, 6.07) is 11.7. The minimum absolute atomic E-state index is 0.149. The molecule has 10 heteroatoms. The molecule has 2 saturated heterocycles. The van der Waals surface area contributed by atoms with Crippen molar-refractivity contribution < 1.29 is 13.0 Å². The maximum atomic E-state index is 13.6. The fourth-order valence-electron chi connectivity index (χ4n) is 5.52. The molecule has 6 rings (SSSR count). The summed E-state index contributed by atoms with van der Waals surface area (Å²) in [7, 11) is -1.16. The van der Waals surface area contributed by atoms with Crippen LogP contribution in [0.15, 0.2) is 42.6 Å². The topological polar surface area (TPSA) is 77.1 Å². The number of rotatable bonds is 6. The van der Waals surface area contributed by atoms with Crippen LogP contribution in [0.1, 0.15) is 38.5 Å². The van der Waals surface area contributed by atoms with Gasteiger partial charge in [-0.1, -0.05) is 6.07 Å². The highest BCUT2D eigenvalue weighted by Gasteiger charge is 2.44. The first-order chi connectivity index (χ1) is 17.8. The monoisotopic (exact) mass is 526 g/mol. The van der Waals surface area contributed by atoms with E-state index in [0.717, 1.165) is 47.2 Å². The number of nitrogens with zero attached hydrogens (tertiary/aromatic N) is 4. The third kappa shape index (κ3) is 5.21. The van der Waals surface area contributed by atoms with Gasteiger partial charge in [-0.3, -0.25) is 0 Å². The maximum Gasteiger partial charge on any atom is 0.251 e. The van der Waals surface area contributed by atoms with Gasteiger partial charge in [0.15, 0.2) is 0 Å². The molecular weight excluding hydrogens is 494 g/mol. The van der Waals surface area contributed by atoms with Crippen LogP contribution < -0.4 is 14.5 Å². The van der Waals surface area contributed by atoms with Crippen LogP contribution in [-0.2, 0) is 11.0 Å². The number of benzene rings is 1. The minimum atomic E-state index is -2.59. The van der Waals surface area contributed by atoms with E-state index >= 15 is 0 Å². The minimum Gasteiger partial charge on any atom is -0.371 e. The second-order valence-corrected chi connectivity index (χ2v) is 11.8. The molecular formula is C27H32F2N6OS. The Morgan fingerprint density at radius 2 is 1.70 bits per heavy atom. The van der Waals surface area contributed by atoms with Gasteiger partial charge in [0, 0.05) is 62.2 Å². The Hall–Kier alpha value is -3.01. The van der Waals surface area contributed by atoms with Crippen LogP contribution in [-0.4, -0.2) is 57.5 Å². The molecule has 196 valence electrons. The largest absolute Gasteiger partial charge is 0.371 e. The Kier molecular flexibility index (Phi) is 6.17. The summed E-state index contributed by atoms with van der Waals surface area (Å²) in [5.74, 6) is -1.14. The van der Waals surface area contributed by atoms with Crippen LogP contribution in [0, 0.1) is 5.41 Å². The van der Waals surface area contributed by atoms with Crippen molar-refractivity contribution >= 4 is 28.2 Å². The van der Waals surface area contributed by atoms with Crippen molar-refractivity contribution in [2.24, 2.45) is 5.41 Å². The number of hydrogen-bond acceptors (Lipinski definition) is 5. The molecule has 0 bridgehead atoms. The Morgan fingerprint density at radius 1 is 0.973 bits per heavy atom. The quantitative estimate of drug-likeness (QED) is 0.446. The lowest BCUT2D eigenvalue weighted by Gasteiger charge is -2.35. The van der Waals surface area contributed by atoms with Gasteiger partial charge < -0.3 is 19.5 Å². The van der Waals surface area contributed by atoms with Crippen molar-refractivity contribution in [1.29, 1.82) is 0 Å². The van der Waals surface area contributed by atoms with E-state index in [0.29, 0.717) is 24.3 Å². The summed E-state index contributed by atoms with van der Waals surface area (Å²) < 4.78 is 42.0. The first-order valence-electron chi connectivity index (χ1n) is 12.9. The highest BCUT2D eigenvalue weighted by atomic mass is 32.2. The van der Waals surface area contributed by atoms with Gasteiger partial charge in [0.25, 0.3) is 5.92 Å². The third-order valence-corrected chi connectivity index (χ3v) is 8.56. The van der Waals surface area contributed by atoms with E-state index in [-0.39, 0.29) is 12.8 Å². The van der Waals surface area contributed by atoms with Crippen LogP contribution in [0.4, 0.5) is 26.0 Å². The lowest BCUT2D eigenvalue weighted by Crippen LogP contribution is -2.39. The average Bonchev–Trinajstić information content (AvgIpc) is 3.44. The van der Waals surface area contributed by atoms with Gasteiger partial charge in [-0.15, -0.1) is 0 Å². The maximum absolute atomic E-state index is 13.6. The summed E-state index contributed by atoms with van der Waals surface area (Å²) in [6.07, 6.45) is 8.20. The molecule has 2 aromatic heterocycles. The first kappa shape index (κ1) is 24.3. The second-order valence-electron chi connectivity index (χ2n) is 10.6. The molecule has 4 heterocycles. The number of aromatic nitrogens is 3. The van der Waals surface area contributed by atoms with Crippen LogP contribution in [0.3, 0.4) is 0 Å². The summed E-state index contributed by atoms with van der Waals surface area (Å²) >= 11 is 0. The molecule has 2 aliphatic heterocycles. The summed E-state index contributed by atoms with van der Waals surface area (Å²) in [5, 5.41) is 0. The predicted molar refractivity (Wildman–Crippen MR) is 144 cm³/mol. The molecule has 1 unspecified atom stereocenters. The van der Waals surface area contributed by atoms with E-state index in [2.05, 4.69) is 20.7 Å². The lowest BCUT2D eigenvalue weighted by atomic mass is 9.93. The molecule has 1 aliphatic carbocycles. The lowest BCUT2D eigenvalue weighted by molar-refractivity contribution is -0.0221. The molecule has 37 heavy (non-hydrogen) atoms. The number of aromatic amines is 1. The van der Waals surface area contributed by atoms with Crippen molar-refractivity contribution in [1.82, 2.24) is 15.0 Å². The van der Waals surface area contributed by atoms with E-state index < -0.39 is 16.9 Å². The predicted octanol–water partition coefficient (Wildman–Crippen LogP) is 5.46. The second kappa shape index (κ2) is 9.38. The number of nitrogens with one attached hydrogen (secondary N) is 2.